The molecule has 20 heavy (non-hydrogen) atoms. The van der Waals surface area contributed by atoms with E-state index in [-0.39, 0.29) is 10.9 Å². The second kappa shape index (κ2) is 6.02. The lowest BCUT2D eigenvalue weighted by atomic mass is 10.1. The average Bonchev–Trinajstić information content (AvgIpc) is 2.46. The van der Waals surface area contributed by atoms with Crippen LogP contribution in [0.4, 0.5) is 5.95 Å². The molecule has 2 heterocycles. The number of aromatic nitrogens is 2. The summed E-state index contributed by atoms with van der Waals surface area (Å²) >= 11 is 0. The van der Waals surface area contributed by atoms with E-state index in [2.05, 4.69) is 20.2 Å². The minimum Gasteiger partial charge on any atom is -0.357 e. The fourth-order valence-electron chi connectivity index (χ4n) is 2.38. The molecule has 1 aliphatic heterocycles. The number of anilines is 1. The van der Waals surface area contributed by atoms with Crippen LogP contribution in [0.1, 0.15) is 12.8 Å². The molecular formula is C12H21N5O2S. The molecule has 1 unspecified atom stereocenters. The van der Waals surface area contributed by atoms with E-state index in [1.54, 1.807) is 14.1 Å². The van der Waals surface area contributed by atoms with Gasteiger partial charge in [0.05, 0.1) is 12.4 Å². The maximum Gasteiger partial charge on any atom is 0.246 e. The quantitative estimate of drug-likeness (QED) is 0.857. The molecule has 0 saturated carbocycles. The predicted molar refractivity (Wildman–Crippen MR) is 77.0 cm³/mol. The van der Waals surface area contributed by atoms with E-state index >= 15 is 0 Å². The van der Waals surface area contributed by atoms with Crippen LogP contribution in [0.3, 0.4) is 0 Å². The lowest BCUT2D eigenvalue weighted by molar-refractivity contribution is 0.187. The first kappa shape index (κ1) is 15.1. The highest BCUT2D eigenvalue weighted by atomic mass is 32.2. The van der Waals surface area contributed by atoms with Gasteiger partial charge in [0.2, 0.25) is 16.0 Å². The van der Waals surface area contributed by atoms with Gasteiger partial charge in [0.15, 0.2) is 0 Å². The maximum atomic E-state index is 12.5. The van der Waals surface area contributed by atoms with Gasteiger partial charge in [0, 0.05) is 26.7 Å². The van der Waals surface area contributed by atoms with Gasteiger partial charge in [0.1, 0.15) is 4.90 Å². The zero-order valence-electron chi connectivity index (χ0n) is 12.1. The Hall–Kier alpha value is -1.25. The molecule has 112 valence electrons. The fourth-order valence-corrected chi connectivity index (χ4v) is 3.65. The van der Waals surface area contributed by atoms with E-state index in [1.807, 2.05) is 7.05 Å². The molecule has 0 amide bonds. The third-order valence-corrected chi connectivity index (χ3v) is 5.51. The molecule has 1 saturated heterocycles. The Kier molecular flexibility index (Phi) is 4.56. The van der Waals surface area contributed by atoms with Crippen molar-refractivity contribution in [2.45, 2.75) is 23.8 Å². The summed E-state index contributed by atoms with van der Waals surface area (Å²) in [6.07, 6.45) is 4.58. The first-order chi connectivity index (χ1) is 9.45. The van der Waals surface area contributed by atoms with Crippen molar-refractivity contribution in [3.05, 3.63) is 12.4 Å². The Bertz CT molecular complexity index is 545. The van der Waals surface area contributed by atoms with Crippen molar-refractivity contribution < 1.29 is 8.42 Å². The molecular weight excluding hydrogens is 278 g/mol. The second-order valence-electron chi connectivity index (χ2n) is 5.07. The Balaban J connectivity index is 2.19. The predicted octanol–water partition coefficient (Wildman–Crippen LogP) is 0.233. The number of nitrogens with one attached hydrogen (secondary N) is 1. The summed E-state index contributed by atoms with van der Waals surface area (Å²) < 4.78 is 26.5. The van der Waals surface area contributed by atoms with E-state index in [1.165, 1.54) is 16.7 Å². The molecule has 0 aromatic carbocycles. The molecule has 0 radical (unpaired) electrons. The van der Waals surface area contributed by atoms with Crippen LogP contribution in [0.15, 0.2) is 17.3 Å². The topological polar surface area (TPSA) is 78.4 Å². The van der Waals surface area contributed by atoms with Gasteiger partial charge in [-0.3, -0.25) is 0 Å². The van der Waals surface area contributed by atoms with Gasteiger partial charge in [-0.2, -0.15) is 4.31 Å². The molecule has 7 nitrogen and oxygen atoms in total. The van der Waals surface area contributed by atoms with Crippen molar-refractivity contribution in [1.29, 1.82) is 0 Å². The number of sulfonamides is 1. The zero-order chi connectivity index (χ0) is 14.8. The van der Waals surface area contributed by atoms with Crippen molar-refractivity contribution >= 4 is 16.0 Å². The monoisotopic (exact) mass is 299 g/mol. The number of hydrogen-bond acceptors (Lipinski definition) is 6. The third-order valence-electron chi connectivity index (χ3n) is 3.64. The summed E-state index contributed by atoms with van der Waals surface area (Å²) in [4.78, 5) is 10.2. The van der Waals surface area contributed by atoms with E-state index in [4.69, 9.17) is 0 Å². The van der Waals surface area contributed by atoms with Crippen molar-refractivity contribution in [3.63, 3.8) is 0 Å². The normalized spacial score (nSPS) is 21.1. The number of likely N-dealkylation sites (tertiary alicyclic amines) is 1. The van der Waals surface area contributed by atoms with Gasteiger partial charge >= 0.3 is 0 Å². The highest BCUT2D eigenvalue weighted by molar-refractivity contribution is 7.89. The Morgan fingerprint density at radius 3 is 2.60 bits per heavy atom. The van der Waals surface area contributed by atoms with Crippen molar-refractivity contribution in [2.75, 3.05) is 39.5 Å². The van der Waals surface area contributed by atoms with Crippen LogP contribution in [0.25, 0.3) is 0 Å². The molecule has 8 heteroatoms. The summed E-state index contributed by atoms with van der Waals surface area (Å²) in [5.41, 5.74) is 0. The van der Waals surface area contributed by atoms with Gasteiger partial charge in [-0.1, -0.05) is 0 Å². The summed E-state index contributed by atoms with van der Waals surface area (Å²) in [5.74, 6) is 0.406. The molecule has 1 fully saturated rings. The van der Waals surface area contributed by atoms with Crippen molar-refractivity contribution in [3.8, 4) is 0 Å². The van der Waals surface area contributed by atoms with Gasteiger partial charge in [0.25, 0.3) is 0 Å². The van der Waals surface area contributed by atoms with Gasteiger partial charge in [-0.05, 0) is 26.4 Å². The van der Waals surface area contributed by atoms with Crippen LogP contribution >= 0.6 is 0 Å². The van der Waals surface area contributed by atoms with Crippen LogP contribution in [0, 0.1) is 0 Å². The molecule has 1 atom stereocenters. The zero-order valence-corrected chi connectivity index (χ0v) is 12.9. The minimum atomic E-state index is -3.53. The van der Waals surface area contributed by atoms with E-state index in [9.17, 15) is 8.42 Å². The molecule has 2 rings (SSSR count). The average molecular weight is 299 g/mol. The van der Waals surface area contributed by atoms with E-state index in [0.717, 1.165) is 25.9 Å². The minimum absolute atomic E-state index is 0.00252. The lowest BCUT2D eigenvalue weighted by Crippen LogP contribution is -2.47. The van der Waals surface area contributed by atoms with Gasteiger partial charge < -0.3 is 10.2 Å². The maximum absolute atomic E-state index is 12.5. The first-order valence-corrected chi connectivity index (χ1v) is 8.05. The number of nitrogens with zero attached hydrogens (tertiary/aromatic N) is 4. The molecule has 0 spiro atoms. The molecule has 1 N–H and O–H groups in total. The van der Waals surface area contributed by atoms with Crippen molar-refractivity contribution in [1.82, 2.24) is 19.2 Å². The number of likely N-dealkylation sites (N-methyl/N-ethyl adjacent to an activating group) is 2. The number of piperidine rings is 1. The summed E-state index contributed by atoms with van der Waals surface area (Å²) in [7, 11) is 1.80. The molecule has 0 aliphatic carbocycles. The molecule has 1 aromatic rings. The number of hydrogen-bond donors (Lipinski definition) is 1. The smallest absolute Gasteiger partial charge is 0.246 e. The Morgan fingerprint density at radius 1 is 1.40 bits per heavy atom. The van der Waals surface area contributed by atoms with Gasteiger partial charge in [-0.15, -0.1) is 0 Å². The Labute approximate surface area is 120 Å². The summed E-state index contributed by atoms with van der Waals surface area (Å²) in [6, 6.07) is 0.00252. The van der Waals surface area contributed by atoms with Gasteiger partial charge in [-0.25, -0.2) is 18.4 Å². The standard InChI is InChI=1S/C12H21N5O2S/c1-13-12-14-7-11(8-15-12)20(18,19)17(3)10-5-4-6-16(2)9-10/h7-8,10H,4-6,9H2,1-3H3,(H,13,14,15). The van der Waals surface area contributed by atoms with Crippen LogP contribution in [-0.4, -0.2) is 67.9 Å². The van der Waals surface area contributed by atoms with Crippen LogP contribution in [0.5, 0.6) is 0 Å². The fraction of sp³-hybridized carbons (Fsp3) is 0.667. The van der Waals surface area contributed by atoms with E-state index < -0.39 is 10.0 Å². The van der Waals surface area contributed by atoms with Crippen molar-refractivity contribution in [2.24, 2.45) is 0 Å². The van der Waals surface area contributed by atoms with E-state index in [0.29, 0.717) is 5.95 Å². The second-order valence-corrected chi connectivity index (χ2v) is 7.07. The molecule has 1 aliphatic rings. The molecule has 0 bridgehead atoms. The SMILES string of the molecule is CNc1ncc(S(=O)(=O)N(C)C2CCCN(C)C2)cn1. The summed E-state index contributed by atoms with van der Waals surface area (Å²) in [6.45, 7) is 1.77. The number of rotatable bonds is 4. The summed E-state index contributed by atoms with van der Waals surface area (Å²) in [5, 5.41) is 2.77. The molecule has 1 aromatic heterocycles. The van der Waals surface area contributed by atoms with Crippen LogP contribution < -0.4 is 5.32 Å². The first-order valence-electron chi connectivity index (χ1n) is 6.61. The van der Waals surface area contributed by atoms with Crippen LogP contribution in [-0.2, 0) is 10.0 Å². The highest BCUT2D eigenvalue weighted by Gasteiger charge is 2.30. The third kappa shape index (κ3) is 3.08. The lowest BCUT2D eigenvalue weighted by Gasteiger charge is -2.35. The Morgan fingerprint density at radius 2 is 2.05 bits per heavy atom. The van der Waals surface area contributed by atoms with Crippen LogP contribution in [0.2, 0.25) is 0 Å². The highest BCUT2D eigenvalue weighted by Crippen LogP contribution is 2.21. The largest absolute Gasteiger partial charge is 0.357 e.